The molecule has 2 aromatic rings. The lowest BCUT2D eigenvalue weighted by molar-refractivity contribution is -0.384. The molecule has 1 atom stereocenters. The third-order valence-corrected chi connectivity index (χ3v) is 5.86. The third kappa shape index (κ3) is 4.54. The molecule has 30 heavy (non-hydrogen) atoms. The lowest BCUT2D eigenvalue weighted by atomic mass is 9.86. The number of hydrogen-bond donors (Lipinski definition) is 1. The van der Waals surface area contributed by atoms with E-state index in [2.05, 4.69) is 5.32 Å². The Labute approximate surface area is 174 Å². The van der Waals surface area contributed by atoms with Crippen LogP contribution >= 0.6 is 0 Å². The standard InChI is InChI=1S/C20H23N3O6S/c1-20(2,3)13-8-9-17-16(10-13)22(30(4,27)28)12-18(29-17)19(24)21-14-6-5-7-15(11-14)23(25)26/h5-11,18H,12H2,1-4H3,(H,21,24)/t18-/m1/s1. The fraction of sp³-hybridized carbons (Fsp3) is 0.350. The first-order chi connectivity index (χ1) is 13.9. The number of carbonyl (C=O) groups is 1. The summed E-state index contributed by atoms with van der Waals surface area (Å²) in [5.41, 5.74) is 1.16. The summed E-state index contributed by atoms with van der Waals surface area (Å²) in [5.74, 6) is -0.325. The van der Waals surface area contributed by atoms with E-state index in [4.69, 9.17) is 4.74 Å². The number of nitro benzene ring substituents is 1. The Hall–Kier alpha value is -3.14. The number of carbonyl (C=O) groups excluding carboxylic acids is 1. The molecule has 160 valence electrons. The summed E-state index contributed by atoms with van der Waals surface area (Å²) in [4.78, 5) is 23.1. The van der Waals surface area contributed by atoms with E-state index in [1.165, 1.54) is 24.3 Å². The summed E-state index contributed by atoms with van der Waals surface area (Å²) in [5, 5.41) is 13.5. The number of anilines is 2. The van der Waals surface area contributed by atoms with Crippen LogP contribution < -0.4 is 14.4 Å². The highest BCUT2D eigenvalue weighted by Crippen LogP contribution is 2.38. The zero-order chi connectivity index (χ0) is 22.3. The Kier molecular flexibility index (Phi) is 5.46. The molecule has 0 bridgehead atoms. The second-order valence-electron chi connectivity index (χ2n) is 8.13. The average molecular weight is 433 g/mol. The van der Waals surface area contributed by atoms with E-state index in [0.29, 0.717) is 5.69 Å². The van der Waals surface area contributed by atoms with Crippen LogP contribution in [0.15, 0.2) is 42.5 Å². The number of non-ortho nitro benzene ring substituents is 1. The van der Waals surface area contributed by atoms with Gasteiger partial charge in [-0.2, -0.15) is 0 Å². The minimum atomic E-state index is -3.67. The molecule has 10 heteroatoms. The summed E-state index contributed by atoms with van der Waals surface area (Å²) in [7, 11) is -3.67. The molecular formula is C20H23N3O6S. The molecule has 1 aliphatic heterocycles. The number of sulfonamides is 1. The molecule has 0 spiro atoms. The topological polar surface area (TPSA) is 119 Å². The van der Waals surface area contributed by atoms with Crippen molar-refractivity contribution < 1.29 is 22.9 Å². The van der Waals surface area contributed by atoms with Crippen LogP contribution in [0.5, 0.6) is 5.75 Å². The Balaban J connectivity index is 1.91. The molecule has 1 N–H and O–H groups in total. The number of nitro groups is 1. The quantitative estimate of drug-likeness (QED) is 0.585. The maximum absolute atomic E-state index is 12.7. The number of amides is 1. The van der Waals surface area contributed by atoms with Crippen molar-refractivity contribution in [3.8, 4) is 5.75 Å². The van der Waals surface area contributed by atoms with Gasteiger partial charge in [-0.25, -0.2) is 8.42 Å². The molecule has 0 fully saturated rings. The van der Waals surface area contributed by atoms with Crippen molar-refractivity contribution in [3.63, 3.8) is 0 Å². The molecule has 1 heterocycles. The number of ether oxygens (including phenoxy) is 1. The summed E-state index contributed by atoms with van der Waals surface area (Å²) >= 11 is 0. The van der Waals surface area contributed by atoms with E-state index >= 15 is 0 Å². The molecule has 0 aliphatic carbocycles. The number of benzene rings is 2. The third-order valence-electron chi connectivity index (χ3n) is 4.71. The molecule has 0 saturated heterocycles. The van der Waals surface area contributed by atoms with Gasteiger partial charge in [-0.1, -0.05) is 32.9 Å². The van der Waals surface area contributed by atoms with Gasteiger partial charge in [-0.05, 0) is 29.2 Å². The highest BCUT2D eigenvalue weighted by atomic mass is 32.2. The van der Waals surface area contributed by atoms with Gasteiger partial charge >= 0.3 is 0 Å². The normalized spacial score (nSPS) is 16.4. The summed E-state index contributed by atoms with van der Waals surface area (Å²) < 4.78 is 31.8. The molecule has 0 aromatic heterocycles. The van der Waals surface area contributed by atoms with Crippen LogP contribution in [0.1, 0.15) is 26.3 Å². The van der Waals surface area contributed by atoms with Gasteiger partial charge in [-0.15, -0.1) is 0 Å². The number of hydrogen-bond acceptors (Lipinski definition) is 6. The Morgan fingerprint density at radius 2 is 1.93 bits per heavy atom. The van der Waals surface area contributed by atoms with Crippen LogP contribution in [0.25, 0.3) is 0 Å². The molecular weight excluding hydrogens is 410 g/mol. The van der Waals surface area contributed by atoms with Gasteiger partial charge in [0, 0.05) is 17.8 Å². The summed E-state index contributed by atoms with van der Waals surface area (Å²) in [6, 6.07) is 10.7. The van der Waals surface area contributed by atoms with Crippen LogP contribution in [0.2, 0.25) is 0 Å². The van der Waals surface area contributed by atoms with Crippen molar-refractivity contribution in [1.29, 1.82) is 0 Å². The van der Waals surface area contributed by atoms with Crippen molar-refractivity contribution in [1.82, 2.24) is 0 Å². The van der Waals surface area contributed by atoms with Gasteiger partial charge in [-0.3, -0.25) is 19.2 Å². The van der Waals surface area contributed by atoms with Gasteiger partial charge in [0.15, 0.2) is 6.10 Å². The number of fused-ring (bicyclic) bond motifs is 1. The number of rotatable bonds is 4. The molecule has 1 aliphatic rings. The van der Waals surface area contributed by atoms with Gasteiger partial charge in [0.1, 0.15) is 5.75 Å². The van der Waals surface area contributed by atoms with Crippen LogP contribution in [0.4, 0.5) is 17.1 Å². The monoisotopic (exact) mass is 433 g/mol. The predicted octanol–water partition coefficient (Wildman–Crippen LogP) is 3.06. The second kappa shape index (κ2) is 7.60. The van der Waals surface area contributed by atoms with Crippen molar-refractivity contribution in [2.75, 3.05) is 22.4 Å². The highest BCUT2D eigenvalue weighted by Gasteiger charge is 2.36. The maximum Gasteiger partial charge on any atom is 0.271 e. The zero-order valence-electron chi connectivity index (χ0n) is 17.1. The molecule has 2 aromatic carbocycles. The molecule has 3 rings (SSSR count). The van der Waals surface area contributed by atoms with Gasteiger partial charge in [0.05, 0.1) is 23.4 Å². The predicted molar refractivity (Wildman–Crippen MR) is 113 cm³/mol. The smallest absolute Gasteiger partial charge is 0.271 e. The molecule has 0 saturated carbocycles. The second-order valence-corrected chi connectivity index (χ2v) is 10.0. The maximum atomic E-state index is 12.7. The van der Waals surface area contributed by atoms with Crippen molar-refractivity contribution in [2.45, 2.75) is 32.3 Å². The molecule has 0 unspecified atom stereocenters. The van der Waals surface area contributed by atoms with Crippen LogP contribution in [0.3, 0.4) is 0 Å². The first-order valence-corrected chi connectivity index (χ1v) is 11.1. The lowest BCUT2D eigenvalue weighted by Gasteiger charge is -2.35. The van der Waals surface area contributed by atoms with Gasteiger partial charge in [0.25, 0.3) is 11.6 Å². The molecule has 0 radical (unpaired) electrons. The van der Waals surface area contributed by atoms with E-state index in [0.717, 1.165) is 16.1 Å². The van der Waals surface area contributed by atoms with Crippen molar-refractivity contribution in [3.05, 3.63) is 58.1 Å². The Morgan fingerprint density at radius 1 is 1.23 bits per heavy atom. The van der Waals surface area contributed by atoms with Crippen molar-refractivity contribution >= 4 is 33.0 Å². The van der Waals surface area contributed by atoms with Gasteiger partial charge in [0.2, 0.25) is 10.0 Å². The summed E-state index contributed by atoms with van der Waals surface area (Å²) in [6.07, 6.45) is -0.0477. The zero-order valence-corrected chi connectivity index (χ0v) is 17.9. The largest absolute Gasteiger partial charge is 0.476 e. The van der Waals surface area contributed by atoms with Crippen LogP contribution in [-0.2, 0) is 20.2 Å². The van der Waals surface area contributed by atoms with Gasteiger partial charge < -0.3 is 10.1 Å². The van der Waals surface area contributed by atoms with Crippen LogP contribution in [0, 0.1) is 10.1 Å². The first kappa shape index (κ1) is 21.6. The Morgan fingerprint density at radius 3 is 2.53 bits per heavy atom. The fourth-order valence-corrected chi connectivity index (χ4v) is 3.99. The SMILES string of the molecule is CC(C)(C)c1ccc2c(c1)N(S(C)(=O)=O)C[C@H](C(=O)Nc1cccc([N+](=O)[O-])c1)O2. The highest BCUT2D eigenvalue weighted by molar-refractivity contribution is 7.92. The number of nitrogens with one attached hydrogen (secondary N) is 1. The minimum Gasteiger partial charge on any atom is -0.476 e. The van der Waals surface area contributed by atoms with E-state index < -0.39 is 27.0 Å². The fourth-order valence-electron chi connectivity index (χ4n) is 3.09. The minimum absolute atomic E-state index is 0.171. The van der Waals surface area contributed by atoms with E-state index in [-0.39, 0.29) is 29.1 Å². The Bertz CT molecular complexity index is 1110. The molecule has 1 amide bonds. The molecule has 9 nitrogen and oxygen atoms in total. The lowest BCUT2D eigenvalue weighted by Crippen LogP contribution is -2.48. The van der Waals surface area contributed by atoms with Crippen molar-refractivity contribution in [2.24, 2.45) is 0 Å². The number of nitrogens with zero attached hydrogens (tertiary/aromatic N) is 2. The van der Waals surface area contributed by atoms with E-state index in [9.17, 15) is 23.3 Å². The van der Waals surface area contributed by atoms with E-state index in [1.807, 2.05) is 26.8 Å². The van der Waals surface area contributed by atoms with Crippen LogP contribution in [-0.4, -0.2) is 38.2 Å². The first-order valence-electron chi connectivity index (χ1n) is 9.20. The average Bonchev–Trinajstić information content (AvgIpc) is 2.65. The van der Waals surface area contributed by atoms with E-state index in [1.54, 1.807) is 12.1 Å². The summed E-state index contributed by atoms with van der Waals surface area (Å²) in [6.45, 7) is 5.83.